The van der Waals surface area contributed by atoms with Crippen LogP contribution in [0.2, 0.25) is 0 Å². The Hall–Kier alpha value is -1.68. The van der Waals surface area contributed by atoms with E-state index in [9.17, 15) is 0 Å². The van der Waals surface area contributed by atoms with Crippen LogP contribution in [0.15, 0.2) is 30.6 Å². The summed E-state index contributed by atoms with van der Waals surface area (Å²) in [6.45, 7) is 3.20. The third-order valence-electron chi connectivity index (χ3n) is 2.30. The summed E-state index contributed by atoms with van der Waals surface area (Å²) >= 11 is 0. The molecule has 2 N–H and O–H groups in total. The molecular weight excluding hydrogens is 188 g/mol. The first-order valence-corrected chi connectivity index (χ1v) is 4.92. The molecule has 78 valence electrons. The summed E-state index contributed by atoms with van der Waals surface area (Å²) in [4.78, 5) is 8.42. The van der Waals surface area contributed by atoms with E-state index >= 15 is 0 Å². The second-order valence-electron chi connectivity index (χ2n) is 3.43. The minimum atomic E-state index is 0.553. The lowest BCUT2D eigenvalue weighted by Crippen LogP contribution is -2.08. The number of nitrogens with zero attached hydrogens (tertiary/aromatic N) is 3. The van der Waals surface area contributed by atoms with Crippen molar-refractivity contribution in [2.24, 2.45) is 5.73 Å². The van der Waals surface area contributed by atoms with Crippen LogP contribution in [0.3, 0.4) is 0 Å². The summed E-state index contributed by atoms with van der Waals surface area (Å²) in [5.41, 5.74) is 7.75. The number of aryl methyl sites for hydroxylation is 1. The molecule has 0 aromatic carbocycles. The van der Waals surface area contributed by atoms with Crippen molar-refractivity contribution in [2.75, 3.05) is 0 Å². The zero-order valence-electron chi connectivity index (χ0n) is 8.72. The van der Waals surface area contributed by atoms with Crippen LogP contribution in [-0.2, 0) is 13.1 Å². The van der Waals surface area contributed by atoms with Crippen molar-refractivity contribution in [3.63, 3.8) is 0 Å². The number of rotatable bonds is 3. The normalized spacial score (nSPS) is 10.5. The lowest BCUT2D eigenvalue weighted by atomic mass is 10.3. The monoisotopic (exact) mass is 202 g/mol. The molecule has 0 unspecified atom stereocenters. The van der Waals surface area contributed by atoms with Crippen molar-refractivity contribution < 1.29 is 0 Å². The Balaban J connectivity index is 2.22. The highest BCUT2D eigenvalue weighted by Gasteiger charge is 2.01. The first-order chi connectivity index (χ1) is 7.29. The first-order valence-electron chi connectivity index (χ1n) is 4.92. The topological polar surface area (TPSA) is 56.7 Å². The highest BCUT2D eigenvalue weighted by atomic mass is 15.0. The molecular formula is C11H14N4. The van der Waals surface area contributed by atoms with Crippen molar-refractivity contribution in [3.8, 4) is 0 Å². The maximum atomic E-state index is 5.63. The molecule has 0 amide bonds. The summed E-state index contributed by atoms with van der Waals surface area (Å²) in [6, 6.07) is 5.94. The van der Waals surface area contributed by atoms with Crippen LogP contribution in [0.5, 0.6) is 0 Å². The zero-order valence-corrected chi connectivity index (χ0v) is 8.72. The van der Waals surface area contributed by atoms with Crippen molar-refractivity contribution in [1.29, 1.82) is 0 Å². The molecule has 0 aliphatic carbocycles. The maximum absolute atomic E-state index is 5.63. The molecule has 0 fully saturated rings. The van der Waals surface area contributed by atoms with Crippen LogP contribution in [0.1, 0.15) is 17.2 Å². The van der Waals surface area contributed by atoms with Crippen molar-refractivity contribution in [3.05, 3.63) is 47.8 Å². The van der Waals surface area contributed by atoms with Crippen molar-refractivity contribution >= 4 is 0 Å². The van der Waals surface area contributed by atoms with Gasteiger partial charge in [0.05, 0.1) is 12.2 Å². The van der Waals surface area contributed by atoms with E-state index in [2.05, 4.69) is 14.5 Å². The second kappa shape index (κ2) is 4.23. The zero-order chi connectivity index (χ0) is 10.7. The molecule has 0 atom stereocenters. The van der Waals surface area contributed by atoms with E-state index in [-0.39, 0.29) is 0 Å². The highest BCUT2D eigenvalue weighted by Crippen LogP contribution is 2.05. The average Bonchev–Trinajstić information content (AvgIpc) is 2.65. The largest absolute Gasteiger partial charge is 0.344 e. The van der Waals surface area contributed by atoms with Crippen LogP contribution >= 0.6 is 0 Å². The van der Waals surface area contributed by atoms with E-state index in [1.54, 1.807) is 6.20 Å². The molecule has 0 bridgehead atoms. The van der Waals surface area contributed by atoms with Crippen molar-refractivity contribution in [1.82, 2.24) is 14.5 Å². The Kier molecular flexibility index (Phi) is 2.78. The molecule has 0 radical (unpaired) electrons. The van der Waals surface area contributed by atoms with Gasteiger partial charge in [-0.3, -0.25) is 0 Å². The Morgan fingerprint density at radius 1 is 1.40 bits per heavy atom. The van der Waals surface area contributed by atoms with Crippen LogP contribution in [0.4, 0.5) is 0 Å². The van der Waals surface area contributed by atoms with Crippen LogP contribution < -0.4 is 5.73 Å². The van der Waals surface area contributed by atoms with Crippen LogP contribution in [-0.4, -0.2) is 14.5 Å². The van der Waals surface area contributed by atoms with Crippen LogP contribution in [0, 0.1) is 6.92 Å². The third-order valence-corrected chi connectivity index (χ3v) is 2.30. The number of aromatic nitrogens is 3. The molecule has 0 saturated carbocycles. The Morgan fingerprint density at radius 2 is 2.27 bits per heavy atom. The molecule has 15 heavy (non-hydrogen) atoms. The molecule has 0 aliphatic rings. The van der Waals surface area contributed by atoms with Gasteiger partial charge in [0.25, 0.3) is 0 Å². The predicted molar refractivity (Wildman–Crippen MR) is 58.2 cm³/mol. The molecule has 4 heteroatoms. The van der Waals surface area contributed by atoms with E-state index < -0.39 is 0 Å². The summed E-state index contributed by atoms with van der Waals surface area (Å²) < 4.78 is 2.10. The van der Waals surface area contributed by atoms with Gasteiger partial charge in [0.1, 0.15) is 5.82 Å². The fourth-order valence-corrected chi connectivity index (χ4v) is 1.56. The van der Waals surface area contributed by atoms with Gasteiger partial charge >= 0.3 is 0 Å². The Labute approximate surface area is 88.8 Å². The standard InChI is InChI=1S/C11H14N4/c1-9-13-5-4-10(14-9)8-15-6-2-3-11(15)7-12/h2-6H,7-8,12H2,1H3. The van der Waals surface area contributed by atoms with Gasteiger partial charge < -0.3 is 10.3 Å². The minimum absolute atomic E-state index is 0.553. The molecule has 2 aromatic rings. The summed E-state index contributed by atoms with van der Waals surface area (Å²) in [5.74, 6) is 0.800. The lowest BCUT2D eigenvalue weighted by molar-refractivity contribution is 0.720. The molecule has 0 aliphatic heterocycles. The summed E-state index contributed by atoms with van der Waals surface area (Å²) in [6.07, 6.45) is 3.79. The van der Waals surface area contributed by atoms with Gasteiger partial charge in [-0.15, -0.1) is 0 Å². The van der Waals surface area contributed by atoms with E-state index in [1.807, 2.05) is 31.3 Å². The molecule has 2 heterocycles. The second-order valence-corrected chi connectivity index (χ2v) is 3.43. The van der Waals surface area contributed by atoms with Gasteiger partial charge in [0.2, 0.25) is 0 Å². The molecule has 0 spiro atoms. The smallest absolute Gasteiger partial charge is 0.125 e. The Morgan fingerprint density at radius 3 is 3.00 bits per heavy atom. The molecule has 4 nitrogen and oxygen atoms in total. The van der Waals surface area contributed by atoms with E-state index in [1.165, 1.54) is 0 Å². The maximum Gasteiger partial charge on any atom is 0.125 e. The number of hydrogen-bond donors (Lipinski definition) is 1. The van der Waals surface area contributed by atoms with Gasteiger partial charge in [-0.1, -0.05) is 0 Å². The quantitative estimate of drug-likeness (QED) is 0.810. The van der Waals surface area contributed by atoms with E-state index in [0.29, 0.717) is 6.54 Å². The predicted octanol–water partition coefficient (Wildman–Crippen LogP) is 1.09. The first kappa shape index (κ1) is 9.86. The van der Waals surface area contributed by atoms with Gasteiger partial charge in [-0.05, 0) is 25.1 Å². The Bertz CT molecular complexity index is 447. The summed E-state index contributed by atoms with van der Waals surface area (Å²) in [7, 11) is 0. The summed E-state index contributed by atoms with van der Waals surface area (Å²) in [5, 5.41) is 0. The number of hydrogen-bond acceptors (Lipinski definition) is 3. The fraction of sp³-hybridized carbons (Fsp3) is 0.273. The molecule has 2 aromatic heterocycles. The average molecular weight is 202 g/mol. The third kappa shape index (κ3) is 2.22. The van der Waals surface area contributed by atoms with Gasteiger partial charge in [0, 0.05) is 24.6 Å². The fourth-order valence-electron chi connectivity index (χ4n) is 1.56. The van der Waals surface area contributed by atoms with Gasteiger partial charge in [-0.25, -0.2) is 9.97 Å². The number of nitrogens with two attached hydrogens (primary N) is 1. The van der Waals surface area contributed by atoms with E-state index in [4.69, 9.17) is 5.73 Å². The lowest BCUT2D eigenvalue weighted by Gasteiger charge is -2.07. The van der Waals surface area contributed by atoms with Crippen LogP contribution in [0.25, 0.3) is 0 Å². The minimum Gasteiger partial charge on any atom is -0.344 e. The molecule has 0 saturated heterocycles. The SMILES string of the molecule is Cc1nccc(Cn2cccc2CN)n1. The highest BCUT2D eigenvalue weighted by molar-refractivity contribution is 5.10. The van der Waals surface area contributed by atoms with Gasteiger partial charge in [0.15, 0.2) is 0 Å². The van der Waals surface area contributed by atoms with Crippen molar-refractivity contribution in [2.45, 2.75) is 20.0 Å². The van der Waals surface area contributed by atoms with E-state index in [0.717, 1.165) is 23.8 Å². The van der Waals surface area contributed by atoms with Gasteiger partial charge in [-0.2, -0.15) is 0 Å². The molecule has 2 rings (SSSR count).